The van der Waals surface area contributed by atoms with E-state index in [4.69, 9.17) is 10.3 Å². The van der Waals surface area contributed by atoms with Gasteiger partial charge < -0.3 is 9.64 Å². The summed E-state index contributed by atoms with van der Waals surface area (Å²) in [6.07, 6.45) is 0. The second-order valence-electron chi connectivity index (χ2n) is 6.05. The highest BCUT2D eigenvalue weighted by Crippen LogP contribution is 2.43. The van der Waals surface area contributed by atoms with Crippen LogP contribution in [0.3, 0.4) is 0 Å². The lowest BCUT2D eigenvalue weighted by atomic mass is 9.87. The van der Waals surface area contributed by atoms with Gasteiger partial charge in [0.05, 0.1) is 25.3 Å². The van der Waals surface area contributed by atoms with E-state index in [1.807, 2.05) is 6.07 Å². The van der Waals surface area contributed by atoms with E-state index in [1.165, 1.54) is 6.07 Å². The molecule has 0 aliphatic carbocycles. The average molecular weight is 276 g/mol. The molecule has 0 radical (unpaired) electrons. The Hall–Kier alpha value is -1.78. The molecule has 0 amide bonds. The van der Waals surface area contributed by atoms with E-state index in [1.54, 1.807) is 6.07 Å². The van der Waals surface area contributed by atoms with Crippen molar-refractivity contribution >= 4 is 5.69 Å². The van der Waals surface area contributed by atoms with Gasteiger partial charge in [0.1, 0.15) is 5.82 Å². The monoisotopic (exact) mass is 276 g/mol. The molecular weight excluding hydrogens is 259 g/mol. The van der Waals surface area contributed by atoms with Crippen LogP contribution in [-0.4, -0.2) is 31.8 Å². The molecular formula is C14H17FN4O. The van der Waals surface area contributed by atoms with Crippen molar-refractivity contribution in [3.63, 3.8) is 0 Å². The standard InChI is InChI=1S/C14H17FN4O/c1-14(2)8-19(12-4-3-9(15)5-10(12)14)13-7-20-6-11(13)17-18-16/h3-5,11,13H,6-8H2,1-2H3/t11-,13+/m0/s1. The number of fused-ring (bicyclic) bond motifs is 1. The minimum atomic E-state index is -0.215. The van der Waals surface area contributed by atoms with Gasteiger partial charge in [-0.15, -0.1) is 0 Å². The van der Waals surface area contributed by atoms with Crippen molar-refractivity contribution in [2.45, 2.75) is 31.3 Å². The van der Waals surface area contributed by atoms with Crippen LogP contribution in [0.1, 0.15) is 19.4 Å². The lowest BCUT2D eigenvalue weighted by Gasteiger charge is -2.30. The number of rotatable bonds is 2. The number of nitrogens with zero attached hydrogens (tertiary/aromatic N) is 4. The van der Waals surface area contributed by atoms with E-state index in [-0.39, 0.29) is 23.3 Å². The number of halogens is 1. The van der Waals surface area contributed by atoms with Gasteiger partial charge >= 0.3 is 0 Å². The number of ether oxygens (including phenoxy) is 1. The molecule has 1 fully saturated rings. The topological polar surface area (TPSA) is 61.2 Å². The first kappa shape index (κ1) is 13.2. The predicted octanol–water partition coefficient (Wildman–Crippen LogP) is 3.00. The molecule has 1 aromatic rings. The fraction of sp³-hybridized carbons (Fsp3) is 0.571. The molecule has 2 atom stereocenters. The molecule has 0 saturated carbocycles. The van der Waals surface area contributed by atoms with Crippen LogP contribution in [0.5, 0.6) is 0 Å². The first-order valence-electron chi connectivity index (χ1n) is 6.71. The molecule has 2 aliphatic heterocycles. The molecule has 2 heterocycles. The number of hydrogen-bond donors (Lipinski definition) is 0. The van der Waals surface area contributed by atoms with Gasteiger partial charge in [0.2, 0.25) is 0 Å². The third-order valence-corrected chi connectivity index (χ3v) is 4.18. The molecule has 0 aromatic heterocycles. The van der Waals surface area contributed by atoms with Crippen LogP contribution in [0.25, 0.3) is 10.4 Å². The van der Waals surface area contributed by atoms with Crippen LogP contribution >= 0.6 is 0 Å². The second kappa shape index (κ2) is 4.65. The fourth-order valence-corrected chi connectivity index (χ4v) is 3.20. The van der Waals surface area contributed by atoms with Crippen molar-refractivity contribution < 1.29 is 9.13 Å². The number of hydrogen-bond acceptors (Lipinski definition) is 3. The highest BCUT2D eigenvalue weighted by molar-refractivity contribution is 5.63. The molecule has 0 N–H and O–H groups in total. The van der Waals surface area contributed by atoms with Crippen LogP contribution in [0.2, 0.25) is 0 Å². The summed E-state index contributed by atoms with van der Waals surface area (Å²) in [4.78, 5) is 5.10. The zero-order valence-corrected chi connectivity index (χ0v) is 11.6. The first-order chi connectivity index (χ1) is 9.53. The third kappa shape index (κ3) is 2.01. The highest BCUT2D eigenvalue weighted by atomic mass is 19.1. The SMILES string of the molecule is CC1(C)CN([C@@H]2COC[C@@H]2N=[N+]=[N-])c2ccc(F)cc21. The Morgan fingerprint density at radius 2 is 2.25 bits per heavy atom. The van der Waals surface area contributed by atoms with Gasteiger partial charge in [-0.3, -0.25) is 0 Å². The zero-order valence-electron chi connectivity index (χ0n) is 11.6. The van der Waals surface area contributed by atoms with Gasteiger partial charge in [-0.2, -0.15) is 0 Å². The van der Waals surface area contributed by atoms with E-state index in [0.717, 1.165) is 17.8 Å². The van der Waals surface area contributed by atoms with Crippen molar-refractivity contribution in [3.05, 3.63) is 40.0 Å². The molecule has 20 heavy (non-hydrogen) atoms. The van der Waals surface area contributed by atoms with E-state index >= 15 is 0 Å². The van der Waals surface area contributed by atoms with E-state index in [2.05, 4.69) is 28.8 Å². The van der Waals surface area contributed by atoms with E-state index in [9.17, 15) is 4.39 Å². The minimum absolute atomic E-state index is 0.0249. The fourth-order valence-electron chi connectivity index (χ4n) is 3.20. The van der Waals surface area contributed by atoms with Crippen molar-refractivity contribution in [2.24, 2.45) is 5.11 Å². The molecule has 6 heteroatoms. The Kier molecular flexibility index (Phi) is 3.07. The van der Waals surface area contributed by atoms with Gasteiger partial charge in [-0.25, -0.2) is 4.39 Å². The van der Waals surface area contributed by atoms with Gasteiger partial charge in [0.25, 0.3) is 0 Å². The van der Waals surface area contributed by atoms with Crippen molar-refractivity contribution in [2.75, 3.05) is 24.7 Å². The Labute approximate surface area is 117 Å². The minimum Gasteiger partial charge on any atom is -0.379 e. The third-order valence-electron chi connectivity index (χ3n) is 4.18. The lowest BCUT2D eigenvalue weighted by Crippen LogP contribution is -2.43. The molecule has 106 valence electrons. The quantitative estimate of drug-likeness (QED) is 0.473. The molecule has 2 aliphatic rings. The van der Waals surface area contributed by atoms with Crippen molar-refractivity contribution in [1.82, 2.24) is 0 Å². The van der Waals surface area contributed by atoms with Crippen LogP contribution in [0.15, 0.2) is 23.3 Å². The van der Waals surface area contributed by atoms with Crippen LogP contribution in [0, 0.1) is 5.82 Å². The summed E-state index contributed by atoms with van der Waals surface area (Å²) in [5.74, 6) is -0.215. The van der Waals surface area contributed by atoms with Crippen LogP contribution in [0.4, 0.5) is 10.1 Å². The van der Waals surface area contributed by atoms with Crippen molar-refractivity contribution in [1.29, 1.82) is 0 Å². The normalized spacial score (nSPS) is 27.2. The molecule has 3 rings (SSSR count). The van der Waals surface area contributed by atoms with Crippen LogP contribution in [-0.2, 0) is 10.2 Å². The largest absolute Gasteiger partial charge is 0.379 e. The van der Waals surface area contributed by atoms with E-state index in [0.29, 0.717) is 13.2 Å². The van der Waals surface area contributed by atoms with Gasteiger partial charge in [0.15, 0.2) is 0 Å². The first-order valence-corrected chi connectivity index (χ1v) is 6.71. The number of anilines is 1. The summed E-state index contributed by atoms with van der Waals surface area (Å²) >= 11 is 0. The smallest absolute Gasteiger partial charge is 0.123 e. The Morgan fingerprint density at radius 3 is 3.00 bits per heavy atom. The summed E-state index contributed by atoms with van der Waals surface area (Å²) in [6.45, 7) is 5.96. The predicted molar refractivity (Wildman–Crippen MR) is 74.3 cm³/mol. The summed E-state index contributed by atoms with van der Waals surface area (Å²) in [5, 5.41) is 3.83. The maximum Gasteiger partial charge on any atom is 0.123 e. The number of benzene rings is 1. The molecule has 0 unspecified atom stereocenters. The van der Waals surface area contributed by atoms with Gasteiger partial charge in [-0.1, -0.05) is 19.0 Å². The molecule has 0 spiro atoms. The molecule has 0 bridgehead atoms. The summed E-state index contributed by atoms with van der Waals surface area (Å²) in [7, 11) is 0. The molecule has 1 aromatic carbocycles. The van der Waals surface area contributed by atoms with Crippen LogP contribution < -0.4 is 4.90 Å². The second-order valence-corrected chi connectivity index (χ2v) is 6.05. The van der Waals surface area contributed by atoms with E-state index < -0.39 is 0 Å². The Bertz CT molecular complexity index is 583. The van der Waals surface area contributed by atoms with Gasteiger partial charge in [-0.05, 0) is 29.3 Å². The lowest BCUT2D eigenvalue weighted by molar-refractivity contribution is 0.190. The highest BCUT2D eigenvalue weighted by Gasteiger charge is 2.42. The molecule has 5 nitrogen and oxygen atoms in total. The zero-order chi connectivity index (χ0) is 14.3. The maximum absolute atomic E-state index is 13.5. The average Bonchev–Trinajstić information content (AvgIpc) is 2.93. The Morgan fingerprint density at radius 1 is 1.45 bits per heavy atom. The van der Waals surface area contributed by atoms with Gasteiger partial charge in [0, 0.05) is 22.6 Å². The Balaban J connectivity index is 1.99. The summed E-state index contributed by atoms with van der Waals surface area (Å²) in [6, 6.07) is 4.73. The maximum atomic E-state index is 13.5. The summed E-state index contributed by atoms with van der Waals surface area (Å²) < 4.78 is 19.0. The molecule has 1 saturated heterocycles. The number of azide groups is 1. The summed E-state index contributed by atoms with van der Waals surface area (Å²) in [5.41, 5.74) is 10.6. The van der Waals surface area contributed by atoms with Crippen molar-refractivity contribution in [3.8, 4) is 0 Å².